The third kappa shape index (κ3) is 2.86. The van der Waals surface area contributed by atoms with E-state index in [1.165, 1.54) is 49.2 Å². The molecule has 1 heterocycles. The van der Waals surface area contributed by atoms with Crippen LogP contribution in [0, 0.1) is 0 Å². The lowest BCUT2D eigenvalue weighted by atomic mass is 9.94. The lowest BCUT2D eigenvalue weighted by Crippen LogP contribution is -2.14. The lowest BCUT2D eigenvalue weighted by molar-refractivity contribution is 0.599. The summed E-state index contributed by atoms with van der Waals surface area (Å²) in [4.78, 5) is 0. The molecule has 0 aliphatic heterocycles. The highest BCUT2D eigenvalue weighted by Crippen LogP contribution is 2.26. The first kappa shape index (κ1) is 10.8. The minimum Gasteiger partial charge on any atom is -0.319 e. The summed E-state index contributed by atoms with van der Waals surface area (Å²) in [7, 11) is 0. The highest BCUT2D eigenvalue weighted by molar-refractivity contribution is 7.03. The summed E-state index contributed by atoms with van der Waals surface area (Å²) in [6.07, 6.45) is 9.85. The van der Waals surface area contributed by atoms with E-state index in [9.17, 15) is 0 Å². The molecule has 4 heteroatoms. The Morgan fingerprint density at radius 3 is 2.93 bits per heavy atom. The molecule has 2 rings (SSSR count). The fraction of sp³-hybridized carbons (Fsp3) is 0.636. The van der Waals surface area contributed by atoms with Crippen LogP contribution in [0.25, 0.3) is 0 Å². The molecule has 0 aromatic carbocycles. The average Bonchev–Trinajstić information content (AvgIpc) is 2.68. The van der Waals surface area contributed by atoms with Gasteiger partial charge in [0.1, 0.15) is 0 Å². The second-order valence-corrected chi connectivity index (χ2v) is 4.65. The molecule has 1 aromatic heterocycles. The van der Waals surface area contributed by atoms with Crippen LogP contribution in [0.4, 0.5) is 0 Å². The maximum atomic E-state index is 6.17. The molecule has 1 unspecified atom stereocenters. The van der Waals surface area contributed by atoms with Gasteiger partial charge in [0.2, 0.25) is 0 Å². The Morgan fingerprint density at radius 1 is 1.27 bits per heavy atom. The number of rotatable bonds is 2. The van der Waals surface area contributed by atoms with E-state index in [-0.39, 0.29) is 6.04 Å². The quantitative estimate of drug-likeness (QED) is 0.784. The molecule has 0 bridgehead atoms. The maximum Gasteiger partial charge on any atom is 0.0964 e. The normalized spacial score (nSPS) is 20.2. The van der Waals surface area contributed by atoms with Crippen molar-refractivity contribution in [3.63, 3.8) is 0 Å². The maximum absolute atomic E-state index is 6.17. The van der Waals surface area contributed by atoms with Gasteiger partial charge in [-0.05, 0) is 37.2 Å². The fourth-order valence-electron chi connectivity index (χ4n) is 2.00. The van der Waals surface area contributed by atoms with Crippen molar-refractivity contribution in [3.05, 3.63) is 22.7 Å². The van der Waals surface area contributed by atoms with Gasteiger partial charge < -0.3 is 5.73 Å². The molecule has 1 aliphatic rings. The summed E-state index contributed by atoms with van der Waals surface area (Å²) in [6, 6.07) is -0.0261. The van der Waals surface area contributed by atoms with Gasteiger partial charge in [0, 0.05) is 5.38 Å². The molecular formula is C11H17N3S. The van der Waals surface area contributed by atoms with Crippen molar-refractivity contribution in [1.82, 2.24) is 9.59 Å². The van der Waals surface area contributed by atoms with Crippen LogP contribution >= 0.6 is 11.5 Å². The summed E-state index contributed by atoms with van der Waals surface area (Å²) in [5.41, 5.74) is 8.44. The summed E-state index contributed by atoms with van der Waals surface area (Å²) in [5, 5.41) is 6.00. The van der Waals surface area contributed by atoms with Crippen molar-refractivity contribution in [2.75, 3.05) is 0 Å². The molecule has 0 amide bonds. The van der Waals surface area contributed by atoms with Crippen molar-refractivity contribution in [3.8, 4) is 0 Å². The van der Waals surface area contributed by atoms with Crippen LogP contribution in [-0.2, 0) is 0 Å². The van der Waals surface area contributed by atoms with E-state index >= 15 is 0 Å². The van der Waals surface area contributed by atoms with Crippen molar-refractivity contribution in [1.29, 1.82) is 0 Å². The number of nitrogens with zero attached hydrogens (tertiary/aromatic N) is 2. The Hall–Kier alpha value is -0.740. The van der Waals surface area contributed by atoms with Gasteiger partial charge in [-0.2, -0.15) is 0 Å². The number of hydrogen-bond donors (Lipinski definition) is 1. The molecule has 1 aliphatic carbocycles. The van der Waals surface area contributed by atoms with E-state index in [4.69, 9.17) is 5.73 Å². The van der Waals surface area contributed by atoms with Gasteiger partial charge in [-0.3, -0.25) is 0 Å². The van der Waals surface area contributed by atoms with Gasteiger partial charge in [0.25, 0.3) is 0 Å². The minimum atomic E-state index is -0.0261. The summed E-state index contributed by atoms with van der Waals surface area (Å²) < 4.78 is 3.86. The topological polar surface area (TPSA) is 51.8 Å². The number of hydrogen-bond acceptors (Lipinski definition) is 4. The summed E-state index contributed by atoms with van der Waals surface area (Å²) >= 11 is 1.37. The molecule has 0 spiro atoms. The van der Waals surface area contributed by atoms with Crippen LogP contribution < -0.4 is 5.73 Å². The molecular weight excluding hydrogens is 206 g/mol. The van der Waals surface area contributed by atoms with E-state index in [2.05, 4.69) is 15.7 Å². The van der Waals surface area contributed by atoms with Crippen LogP contribution in [0.2, 0.25) is 0 Å². The molecule has 0 saturated carbocycles. The van der Waals surface area contributed by atoms with Gasteiger partial charge in [-0.1, -0.05) is 29.0 Å². The zero-order valence-corrected chi connectivity index (χ0v) is 9.67. The van der Waals surface area contributed by atoms with Crippen LogP contribution in [0.1, 0.15) is 50.3 Å². The predicted molar refractivity (Wildman–Crippen MR) is 62.6 cm³/mol. The van der Waals surface area contributed by atoms with E-state index < -0.39 is 0 Å². The summed E-state index contributed by atoms with van der Waals surface area (Å²) in [5.74, 6) is 0. The Morgan fingerprint density at radius 2 is 2.13 bits per heavy atom. The first-order chi connectivity index (χ1) is 7.38. The van der Waals surface area contributed by atoms with Gasteiger partial charge >= 0.3 is 0 Å². The Balaban J connectivity index is 2.07. The SMILES string of the molecule is NC(C1=CCCCCCC1)c1csnn1. The van der Waals surface area contributed by atoms with Gasteiger partial charge in [-0.25, -0.2) is 0 Å². The molecule has 0 radical (unpaired) electrons. The second-order valence-electron chi connectivity index (χ2n) is 4.04. The van der Waals surface area contributed by atoms with Crippen molar-refractivity contribution in [2.24, 2.45) is 5.73 Å². The molecule has 2 N–H and O–H groups in total. The number of aromatic nitrogens is 2. The van der Waals surface area contributed by atoms with Crippen molar-refractivity contribution >= 4 is 11.5 Å². The first-order valence-electron chi connectivity index (χ1n) is 5.59. The first-order valence-corrected chi connectivity index (χ1v) is 6.43. The van der Waals surface area contributed by atoms with Crippen LogP contribution in [0.15, 0.2) is 17.0 Å². The molecule has 1 atom stereocenters. The van der Waals surface area contributed by atoms with E-state index in [1.807, 2.05) is 5.38 Å². The Kier molecular flexibility index (Phi) is 3.86. The number of nitrogens with two attached hydrogens (primary N) is 1. The highest BCUT2D eigenvalue weighted by Gasteiger charge is 2.14. The Bertz CT molecular complexity index is 319. The number of allylic oxidation sites excluding steroid dienone is 1. The average molecular weight is 223 g/mol. The minimum absolute atomic E-state index is 0.0261. The molecule has 15 heavy (non-hydrogen) atoms. The summed E-state index contributed by atoms with van der Waals surface area (Å²) in [6.45, 7) is 0. The molecule has 0 saturated heterocycles. The van der Waals surface area contributed by atoms with Crippen LogP contribution in [0.5, 0.6) is 0 Å². The predicted octanol–water partition coefficient (Wildman–Crippen LogP) is 2.82. The highest BCUT2D eigenvalue weighted by atomic mass is 32.1. The third-order valence-electron chi connectivity index (χ3n) is 2.92. The lowest BCUT2D eigenvalue weighted by Gasteiger charge is -2.16. The standard InChI is InChI=1S/C11H17N3S/c12-11(10-8-15-14-13-10)9-6-4-2-1-3-5-7-9/h6,8,11H,1-5,7,12H2. The van der Waals surface area contributed by atoms with E-state index in [0.29, 0.717) is 0 Å². The Labute approximate surface area is 94.5 Å². The zero-order chi connectivity index (χ0) is 10.5. The van der Waals surface area contributed by atoms with Gasteiger partial charge in [-0.15, -0.1) is 5.10 Å². The van der Waals surface area contributed by atoms with E-state index in [1.54, 1.807) is 0 Å². The second kappa shape index (κ2) is 5.37. The molecule has 1 aromatic rings. The van der Waals surface area contributed by atoms with Crippen LogP contribution in [-0.4, -0.2) is 9.59 Å². The van der Waals surface area contributed by atoms with Crippen molar-refractivity contribution < 1.29 is 0 Å². The molecule has 0 fully saturated rings. The van der Waals surface area contributed by atoms with Crippen LogP contribution in [0.3, 0.4) is 0 Å². The smallest absolute Gasteiger partial charge is 0.0964 e. The fourth-order valence-corrected chi connectivity index (χ4v) is 2.49. The van der Waals surface area contributed by atoms with Gasteiger partial charge in [0.05, 0.1) is 11.7 Å². The van der Waals surface area contributed by atoms with E-state index in [0.717, 1.165) is 12.1 Å². The molecule has 3 nitrogen and oxygen atoms in total. The van der Waals surface area contributed by atoms with Gasteiger partial charge in [0.15, 0.2) is 0 Å². The third-order valence-corrected chi connectivity index (χ3v) is 3.44. The largest absolute Gasteiger partial charge is 0.319 e. The van der Waals surface area contributed by atoms with Crippen molar-refractivity contribution in [2.45, 2.75) is 44.6 Å². The molecule has 82 valence electrons. The zero-order valence-electron chi connectivity index (χ0n) is 8.85. The monoisotopic (exact) mass is 223 g/mol.